The lowest BCUT2D eigenvalue weighted by molar-refractivity contribution is -0.152. The smallest absolute Gasteiger partial charge is 0.306 e. The molecule has 1 unspecified atom stereocenters. The second kappa shape index (κ2) is 29.4. The van der Waals surface area contributed by atoms with Gasteiger partial charge in [0.25, 0.3) is 0 Å². The first-order chi connectivity index (χ1) is 17.2. The molecule has 0 saturated heterocycles. The Labute approximate surface area is 219 Å². The molecule has 1 atom stereocenters. The van der Waals surface area contributed by atoms with Gasteiger partial charge in [0.2, 0.25) is 0 Å². The fraction of sp³-hybridized carbons (Fsp3) is 0.938. The number of hydrogen-bond donors (Lipinski definition) is 0. The summed E-state index contributed by atoms with van der Waals surface area (Å²) in [6.45, 7) is 4.53. The molecule has 3 heteroatoms. The van der Waals surface area contributed by atoms with Crippen molar-refractivity contribution in [2.75, 3.05) is 0 Å². The minimum atomic E-state index is -0.534. The molecular formula is C32H62O3. The van der Waals surface area contributed by atoms with E-state index in [0.717, 1.165) is 32.0 Å². The molecule has 0 rings (SSSR count). The molecule has 0 aromatic rings. The van der Waals surface area contributed by atoms with Gasteiger partial charge in [-0.15, -0.1) is 0 Å². The van der Waals surface area contributed by atoms with Crippen molar-refractivity contribution in [3.05, 3.63) is 0 Å². The first kappa shape index (κ1) is 34.1. The second-order valence-corrected chi connectivity index (χ2v) is 10.8. The van der Waals surface area contributed by atoms with Gasteiger partial charge in [0.15, 0.2) is 12.4 Å². The zero-order valence-corrected chi connectivity index (χ0v) is 24.0. The number of unbranched alkanes of at least 4 members (excludes halogenated alkanes) is 23. The van der Waals surface area contributed by atoms with Crippen LogP contribution in [0.1, 0.15) is 187 Å². The van der Waals surface area contributed by atoms with Crippen LogP contribution >= 0.6 is 0 Å². The van der Waals surface area contributed by atoms with Gasteiger partial charge in [0.1, 0.15) is 0 Å². The summed E-state index contributed by atoms with van der Waals surface area (Å²) in [7, 11) is 0. The number of hydrogen-bond acceptors (Lipinski definition) is 3. The Morgan fingerprint density at radius 3 is 1.17 bits per heavy atom. The Morgan fingerprint density at radius 2 is 0.829 bits per heavy atom. The van der Waals surface area contributed by atoms with E-state index in [1.807, 2.05) is 0 Å². The Hall–Kier alpha value is -0.860. The van der Waals surface area contributed by atoms with E-state index in [4.69, 9.17) is 4.74 Å². The lowest BCUT2D eigenvalue weighted by Crippen LogP contribution is -2.19. The molecule has 0 saturated carbocycles. The SMILES string of the molecule is CCCCCCCCCCCCCCCCCC(=O)OC(C=O)CCCCCCCCCCCC. The summed E-state index contributed by atoms with van der Waals surface area (Å²) in [5.41, 5.74) is 0. The number of carbonyl (C=O) groups excluding carboxylic acids is 2. The summed E-state index contributed by atoms with van der Waals surface area (Å²) in [5.74, 6) is -0.191. The summed E-state index contributed by atoms with van der Waals surface area (Å²) in [6, 6.07) is 0. The molecule has 0 aromatic carbocycles. The molecule has 0 aliphatic carbocycles. The molecular weight excluding hydrogens is 432 g/mol. The highest BCUT2D eigenvalue weighted by Crippen LogP contribution is 2.15. The zero-order chi connectivity index (χ0) is 25.7. The van der Waals surface area contributed by atoms with Crippen molar-refractivity contribution < 1.29 is 14.3 Å². The van der Waals surface area contributed by atoms with Crippen LogP contribution in [0.4, 0.5) is 0 Å². The van der Waals surface area contributed by atoms with Crippen molar-refractivity contribution in [1.82, 2.24) is 0 Å². The molecule has 0 aliphatic rings. The monoisotopic (exact) mass is 494 g/mol. The van der Waals surface area contributed by atoms with Gasteiger partial charge in [-0.1, -0.05) is 162 Å². The maximum Gasteiger partial charge on any atom is 0.306 e. The first-order valence-corrected chi connectivity index (χ1v) is 15.9. The Balaban J connectivity index is 3.40. The van der Waals surface area contributed by atoms with E-state index < -0.39 is 6.10 Å². The number of esters is 1. The molecule has 0 spiro atoms. The highest BCUT2D eigenvalue weighted by atomic mass is 16.5. The largest absolute Gasteiger partial charge is 0.455 e. The number of ether oxygens (including phenoxy) is 1. The highest BCUT2D eigenvalue weighted by molar-refractivity contribution is 5.72. The minimum absolute atomic E-state index is 0.191. The van der Waals surface area contributed by atoms with E-state index in [1.165, 1.54) is 135 Å². The van der Waals surface area contributed by atoms with Crippen LogP contribution in [0.2, 0.25) is 0 Å². The van der Waals surface area contributed by atoms with Gasteiger partial charge in [0.05, 0.1) is 0 Å². The molecule has 0 heterocycles. The lowest BCUT2D eigenvalue weighted by Gasteiger charge is -2.12. The van der Waals surface area contributed by atoms with Gasteiger partial charge in [-0.2, -0.15) is 0 Å². The lowest BCUT2D eigenvalue weighted by atomic mass is 10.0. The van der Waals surface area contributed by atoms with E-state index >= 15 is 0 Å². The third-order valence-corrected chi connectivity index (χ3v) is 7.26. The van der Waals surface area contributed by atoms with Crippen LogP contribution in [0.3, 0.4) is 0 Å². The zero-order valence-electron chi connectivity index (χ0n) is 24.0. The molecule has 0 bridgehead atoms. The third-order valence-electron chi connectivity index (χ3n) is 7.26. The molecule has 35 heavy (non-hydrogen) atoms. The fourth-order valence-corrected chi connectivity index (χ4v) is 4.86. The number of rotatable bonds is 29. The average molecular weight is 495 g/mol. The molecule has 0 aliphatic heterocycles. The summed E-state index contributed by atoms with van der Waals surface area (Å²) in [4.78, 5) is 23.3. The summed E-state index contributed by atoms with van der Waals surface area (Å²) in [5, 5.41) is 0. The van der Waals surface area contributed by atoms with E-state index in [1.54, 1.807) is 0 Å². The van der Waals surface area contributed by atoms with Crippen molar-refractivity contribution in [2.45, 2.75) is 193 Å². The first-order valence-electron chi connectivity index (χ1n) is 15.9. The Bertz CT molecular complexity index is 435. The Kier molecular flexibility index (Phi) is 28.6. The third kappa shape index (κ3) is 27.6. The van der Waals surface area contributed by atoms with E-state index in [-0.39, 0.29) is 5.97 Å². The van der Waals surface area contributed by atoms with Gasteiger partial charge < -0.3 is 4.74 Å². The second-order valence-electron chi connectivity index (χ2n) is 10.8. The van der Waals surface area contributed by atoms with Crippen LogP contribution in [0.5, 0.6) is 0 Å². The van der Waals surface area contributed by atoms with Gasteiger partial charge >= 0.3 is 5.97 Å². The molecule has 0 fully saturated rings. The standard InChI is InChI=1S/C32H62O3/c1-3-5-7-9-11-13-15-16-17-18-19-21-23-25-27-29-32(34)35-31(30-33)28-26-24-22-20-14-12-10-8-6-4-2/h30-31H,3-29H2,1-2H3. The van der Waals surface area contributed by atoms with Gasteiger partial charge in [-0.25, -0.2) is 0 Å². The van der Waals surface area contributed by atoms with Gasteiger partial charge in [-0.05, 0) is 19.3 Å². The maximum atomic E-state index is 12.0. The van der Waals surface area contributed by atoms with Crippen LogP contribution < -0.4 is 0 Å². The average Bonchev–Trinajstić information content (AvgIpc) is 2.86. The molecule has 3 nitrogen and oxygen atoms in total. The van der Waals surface area contributed by atoms with E-state index in [9.17, 15) is 9.59 Å². The van der Waals surface area contributed by atoms with Crippen LogP contribution in [-0.2, 0) is 14.3 Å². The van der Waals surface area contributed by atoms with E-state index in [0.29, 0.717) is 12.8 Å². The van der Waals surface area contributed by atoms with Crippen molar-refractivity contribution in [2.24, 2.45) is 0 Å². The van der Waals surface area contributed by atoms with Gasteiger partial charge in [-0.3, -0.25) is 9.59 Å². The topological polar surface area (TPSA) is 43.4 Å². The van der Waals surface area contributed by atoms with Crippen molar-refractivity contribution >= 4 is 12.3 Å². The molecule has 0 aromatic heterocycles. The summed E-state index contributed by atoms with van der Waals surface area (Å²) < 4.78 is 5.39. The molecule has 0 radical (unpaired) electrons. The van der Waals surface area contributed by atoms with Crippen LogP contribution in [-0.4, -0.2) is 18.4 Å². The fourth-order valence-electron chi connectivity index (χ4n) is 4.86. The number of carbonyl (C=O) groups is 2. The number of aldehydes is 1. The van der Waals surface area contributed by atoms with Crippen LogP contribution in [0, 0.1) is 0 Å². The predicted molar refractivity (Wildman–Crippen MR) is 152 cm³/mol. The normalized spacial score (nSPS) is 12.1. The molecule has 0 amide bonds. The molecule has 0 N–H and O–H groups in total. The maximum absolute atomic E-state index is 12.0. The molecule has 208 valence electrons. The summed E-state index contributed by atoms with van der Waals surface area (Å²) in [6.07, 6.45) is 33.9. The van der Waals surface area contributed by atoms with Crippen LogP contribution in [0.25, 0.3) is 0 Å². The quantitative estimate of drug-likeness (QED) is 0.0590. The van der Waals surface area contributed by atoms with Crippen LogP contribution in [0.15, 0.2) is 0 Å². The van der Waals surface area contributed by atoms with Crippen molar-refractivity contribution in [1.29, 1.82) is 0 Å². The van der Waals surface area contributed by atoms with Crippen molar-refractivity contribution in [3.8, 4) is 0 Å². The summed E-state index contributed by atoms with van der Waals surface area (Å²) >= 11 is 0. The minimum Gasteiger partial charge on any atom is -0.455 e. The Morgan fingerprint density at radius 1 is 0.514 bits per heavy atom. The highest BCUT2D eigenvalue weighted by Gasteiger charge is 2.13. The predicted octanol–water partition coefficient (Wildman–Crippen LogP) is 10.7. The van der Waals surface area contributed by atoms with E-state index in [2.05, 4.69) is 13.8 Å². The van der Waals surface area contributed by atoms with Crippen molar-refractivity contribution in [3.63, 3.8) is 0 Å². The van der Waals surface area contributed by atoms with Gasteiger partial charge in [0, 0.05) is 6.42 Å².